The maximum absolute atomic E-state index is 12.0. The molecule has 7 heteroatoms. The van der Waals surface area contributed by atoms with Crippen LogP contribution in [0.5, 0.6) is 0 Å². The van der Waals surface area contributed by atoms with Crippen LogP contribution >= 0.6 is 0 Å². The highest BCUT2D eigenvalue weighted by atomic mass is 32.2. The van der Waals surface area contributed by atoms with Gasteiger partial charge >= 0.3 is 0 Å². The third kappa shape index (κ3) is 6.67. The van der Waals surface area contributed by atoms with Gasteiger partial charge in [0.05, 0.1) is 5.60 Å². The fourth-order valence-corrected chi connectivity index (χ4v) is 2.58. The molecule has 0 amide bonds. The van der Waals surface area contributed by atoms with Crippen LogP contribution < -0.4 is 10.0 Å². The van der Waals surface area contributed by atoms with Crippen molar-refractivity contribution in [2.24, 2.45) is 0 Å². The van der Waals surface area contributed by atoms with Gasteiger partial charge in [-0.25, -0.2) is 0 Å². The van der Waals surface area contributed by atoms with E-state index < -0.39 is 15.8 Å². The molecule has 0 aromatic rings. The molecule has 1 aliphatic carbocycles. The standard InChI is InChI=1S/C12H27N3O3S/c1-12(2,18-4)10-14-19(16,17)15(3)9-5-8-13-11-6-7-11/h11,13-14H,5-10H2,1-4H3. The zero-order valence-corrected chi connectivity index (χ0v) is 13.2. The lowest BCUT2D eigenvalue weighted by atomic mass is 10.1. The van der Waals surface area contributed by atoms with Gasteiger partial charge in [0, 0.05) is 33.3 Å². The molecule has 1 fully saturated rings. The van der Waals surface area contributed by atoms with Crippen LogP contribution in [0.15, 0.2) is 0 Å². The third-order valence-electron chi connectivity index (χ3n) is 3.30. The van der Waals surface area contributed by atoms with Gasteiger partial charge < -0.3 is 10.1 Å². The number of rotatable bonds is 10. The van der Waals surface area contributed by atoms with Crippen molar-refractivity contribution in [1.29, 1.82) is 0 Å². The van der Waals surface area contributed by atoms with Gasteiger partial charge in [-0.15, -0.1) is 0 Å². The first kappa shape index (κ1) is 16.8. The molecule has 2 N–H and O–H groups in total. The normalized spacial score (nSPS) is 17.1. The van der Waals surface area contributed by atoms with Gasteiger partial charge in [-0.2, -0.15) is 17.4 Å². The quantitative estimate of drug-likeness (QED) is 0.569. The summed E-state index contributed by atoms with van der Waals surface area (Å²) in [4.78, 5) is 0. The van der Waals surface area contributed by atoms with Gasteiger partial charge in [-0.3, -0.25) is 0 Å². The predicted molar refractivity (Wildman–Crippen MR) is 76.3 cm³/mol. The number of nitrogens with one attached hydrogen (secondary N) is 2. The molecule has 0 saturated heterocycles. The summed E-state index contributed by atoms with van der Waals surface area (Å²) >= 11 is 0. The highest BCUT2D eigenvalue weighted by Crippen LogP contribution is 2.18. The fraction of sp³-hybridized carbons (Fsp3) is 1.00. The van der Waals surface area contributed by atoms with Crippen LogP contribution in [0.3, 0.4) is 0 Å². The number of ether oxygens (including phenoxy) is 1. The van der Waals surface area contributed by atoms with Crippen molar-refractivity contribution < 1.29 is 13.2 Å². The van der Waals surface area contributed by atoms with E-state index in [9.17, 15) is 8.42 Å². The lowest BCUT2D eigenvalue weighted by Gasteiger charge is -2.25. The Balaban J connectivity index is 2.25. The summed E-state index contributed by atoms with van der Waals surface area (Å²) in [5.74, 6) is 0. The first-order chi connectivity index (χ1) is 8.77. The second-order valence-corrected chi connectivity index (χ2v) is 7.56. The zero-order chi connectivity index (χ0) is 14.5. The first-order valence-corrected chi connectivity index (χ1v) is 8.20. The molecule has 0 unspecified atom stereocenters. The van der Waals surface area contributed by atoms with E-state index in [2.05, 4.69) is 10.0 Å². The number of nitrogens with zero attached hydrogens (tertiary/aromatic N) is 1. The van der Waals surface area contributed by atoms with Crippen molar-refractivity contribution in [2.45, 2.75) is 44.8 Å². The highest BCUT2D eigenvalue weighted by molar-refractivity contribution is 7.87. The summed E-state index contributed by atoms with van der Waals surface area (Å²) in [7, 11) is -0.246. The van der Waals surface area contributed by atoms with Crippen LogP contribution in [0.4, 0.5) is 0 Å². The molecule has 6 nitrogen and oxygen atoms in total. The molecule has 0 aromatic heterocycles. The Morgan fingerprint density at radius 3 is 2.53 bits per heavy atom. The smallest absolute Gasteiger partial charge is 0.279 e. The largest absolute Gasteiger partial charge is 0.377 e. The highest BCUT2D eigenvalue weighted by Gasteiger charge is 2.23. The molecule has 19 heavy (non-hydrogen) atoms. The van der Waals surface area contributed by atoms with E-state index in [1.165, 1.54) is 17.1 Å². The Kier molecular flexibility index (Phi) is 6.19. The Labute approximate surface area is 117 Å². The maximum Gasteiger partial charge on any atom is 0.279 e. The number of hydrogen-bond acceptors (Lipinski definition) is 4. The monoisotopic (exact) mass is 293 g/mol. The maximum atomic E-state index is 12.0. The van der Waals surface area contributed by atoms with Crippen LogP contribution in [0.25, 0.3) is 0 Å². The van der Waals surface area contributed by atoms with Crippen LogP contribution in [0, 0.1) is 0 Å². The second-order valence-electron chi connectivity index (χ2n) is 5.69. The van der Waals surface area contributed by atoms with Gasteiger partial charge in [0.1, 0.15) is 0 Å². The minimum Gasteiger partial charge on any atom is -0.377 e. The minimum absolute atomic E-state index is 0.260. The lowest BCUT2D eigenvalue weighted by Crippen LogP contribution is -2.45. The zero-order valence-electron chi connectivity index (χ0n) is 12.4. The summed E-state index contributed by atoms with van der Waals surface area (Å²) in [6, 6.07) is 0.669. The molecule has 0 aromatic carbocycles. The van der Waals surface area contributed by atoms with Gasteiger partial charge in [-0.1, -0.05) is 0 Å². The topological polar surface area (TPSA) is 70.7 Å². The summed E-state index contributed by atoms with van der Waals surface area (Å²) < 4.78 is 33.1. The first-order valence-electron chi connectivity index (χ1n) is 6.76. The van der Waals surface area contributed by atoms with Gasteiger partial charge in [0.2, 0.25) is 0 Å². The van der Waals surface area contributed by atoms with E-state index >= 15 is 0 Å². The fourth-order valence-electron chi connectivity index (χ4n) is 1.46. The Bertz CT molecular complexity index is 366. The second kappa shape index (κ2) is 6.99. The van der Waals surface area contributed by atoms with E-state index in [4.69, 9.17) is 4.74 Å². The molecule has 0 atom stereocenters. The average molecular weight is 293 g/mol. The summed E-state index contributed by atoms with van der Waals surface area (Å²) in [5.41, 5.74) is -0.499. The van der Waals surface area contributed by atoms with Crippen LogP contribution in [-0.2, 0) is 14.9 Å². The van der Waals surface area contributed by atoms with Crippen LogP contribution in [-0.4, -0.2) is 58.2 Å². The molecular formula is C12H27N3O3S. The number of methoxy groups -OCH3 is 1. The van der Waals surface area contributed by atoms with Crippen molar-refractivity contribution in [1.82, 2.24) is 14.3 Å². The molecule has 0 radical (unpaired) electrons. The Morgan fingerprint density at radius 1 is 1.37 bits per heavy atom. The van der Waals surface area contributed by atoms with Crippen molar-refractivity contribution >= 4 is 10.2 Å². The van der Waals surface area contributed by atoms with E-state index in [0.29, 0.717) is 12.6 Å². The molecular weight excluding hydrogens is 266 g/mol. The molecule has 1 aliphatic rings. The van der Waals surface area contributed by atoms with Crippen LogP contribution in [0.1, 0.15) is 33.1 Å². The molecule has 1 rings (SSSR count). The molecule has 114 valence electrons. The van der Waals surface area contributed by atoms with E-state index in [1.807, 2.05) is 13.8 Å². The molecule has 0 aliphatic heterocycles. The molecule has 0 spiro atoms. The van der Waals surface area contributed by atoms with Crippen molar-refractivity contribution in [3.8, 4) is 0 Å². The van der Waals surface area contributed by atoms with Crippen molar-refractivity contribution in [3.63, 3.8) is 0 Å². The van der Waals surface area contributed by atoms with E-state index in [1.54, 1.807) is 14.2 Å². The Morgan fingerprint density at radius 2 is 2.00 bits per heavy atom. The SMILES string of the molecule is COC(C)(C)CNS(=O)(=O)N(C)CCCNC1CC1. The third-order valence-corrected chi connectivity index (χ3v) is 4.82. The van der Waals surface area contributed by atoms with E-state index in [0.717, 1.165) is 13.0 Å². The van der Waals surface area contributed by atoms with Gasteiger partial charge in [0.25, 0.3) is 10.2 Å². The molecule has 0 bridgehead atoms. The molecule has 0 heterocycles. The van der Waals surface area contributed by atoms with Crippen molar-refractivity contribution in [2.75, 3.05) is 33.8 Å². The predicted octanol–water partition coefficient (Wildman–Crippen LogP) is 0.320. The number of hydrogen-bond donors (Lipinski definition) is 2. The minimum atomic E-state index is -3.41. The van der Waals surface area contributed by atoms with Crippen LogP contribution in [0.2, 0.25) is 0 Å². The summed E-state index contributed by atoms with van der Waals surface area (Å²) in [6.07, 6.45) is 3.32. The summed E-state index contributed by atoms with van der Waals surface area (Å²) in [5, 5.41) is 3.37. The Hall–Kier alpha value is -0.210. The average Bonchev–Trinajstić information content (AvgIpc) is 3.16. The summed E-state index contributed by atoms with van der Waals surface area (Å²) in [6.45, 7) is 5.33. The molecule has 1 saturated carbocycles. The van der Waals surface area contributed by atoms with E-state index in [-0.39, 0.29) is 6.54 Å². The van der Waals surface area contributed by atoms with Crippen molar-refractivity contribution in [3.05, 3.63) is 0 Å². The lowest BCUT2D eigenvalue weighted by molar-refractivity contribution is 0.0273. The van der Waals surface area contributed by atoms with Gasteiger partial charge in [0.15, 0.2) is 0 Å². The van der Waals surface area contributed by atoms with Gasteiger partial charge in [-0.05, 0) is 39.7 Å².